The minimum Gasteiger partial charge on any atom is -0.546 e. The van der Waals surface area contributed by atoms with Crippen LogP contribution < -0.4 is 19.6 Å². The number of hydrogen-bond acceptors (Lipinski definition) is 6. The highest BCUT2D eigenvalue weighted by Crippen LogP contribution is 2.31. The van der Waals surface area contributed by atoms with E-state index in [1.165, 1.54) is 19.0 Å². The van der Waals surface area contributed by atoms with Crippen molar-refractivity contribution in [3.63, 3.8) is 0 Å². The molecule has 0 N–H and O–H groups in total. The Morgan fingerprint density at radius 3 is 2.54 bits per heavy atom. The van der Waals surface area contributed by atoms with Crippen molar-refractivity contribution in [2.75, 3.05) is 12.1 Å². The van der Waals surface area contributed by atoms with Gasteiger partial charge in [0.2, 0.25) is 0 Å². The second-order valence-corrected chi connectivity index (χ2v) is 6.19. The molecule has 7 heteroatoms. The van der Waals surface area contributed by atoms with Gasteiger partial charge in [-0.2, -0.15) is 10.1 Å². The molecular weight excluding hydrogens is 360 g/mol. The molecule has 1 heterocycles. The lowest BCUT2D eigenvalue weighted by atomic mass is 10.1. The predicted molar refractivity (Wildman–Crippen MR) is 103 cm³/mol. The van der Waals surface area contributed by atoms with Crippen molar-refractivity contribution in [3.8, 4) is 11.5 Å². The van der Waals surface area contributed by atoms with Crippen LogP contribution in [0.1, 0.15) is 19.4 Å². The number of carboxylic acids is 1. The summed E-state index contributed by atoms with van der Waals surface area (Å²) in [6, 6.07) is 14.1. The second-order valence-electron chi connectivity index (χ2n) is 6.19. The molecule has 1 aliphatic heterocycles. The Balaban J connectivity index is 1.88. The van der Waals surface area contributed by atoms with Crippen molar-refractivity contribution < 1.29 is 24.2 Å². The van der Waals surface area contributed by atoms with E-state index in [1.807, 2.05) is 30.3 Å². The maximum absolute atomic E-state index is 12.8. The summed E-state index contributed by atoms with van der Waals surface area (Å²) in [5.41, 5.74) is 2.44. The van der Waals surface area contributed by atoms with Crippen molar-refractivity contribution in [2.45, 2.75) is 20.0 Å². The fourth-order valence-electron chi connectivity index (χ4n) is 2.71. The van der Waals surface area contributed by atoms with E-state index in [4.69, 9.17) is 9.47 Å². The lowest BCUT2D eigenvalue weighted by Crippen LogP contribution is -2.37. The number of anilines is 1. The van der Waals surface area contributed by atoms with Crippen LogP contribution in [0.15, 0.2) is 59.2 Å². The minimum absolute atomic E-state index is 0.228. The van der Waals surface area contributed by atoms with Gasteiger partial charge in [0, 0.05) is 0 Å². The monoisotopic (exact) mass is 379 g/mol. The van der Waals surface area contributed by atoms with Gasteiger partial charge < -0.3 is 19.4 Å². The van der Waals surface area contributed by atoms with Crippen molar-refractivity contribution in [2.24, 2.45) is 5.10 Å². The lowest BCUT2D eigenvalue weighted by molar-refractivity contribution is -0.312. The molecule has 0 radical (unpaired) electrons. The van der Waals surface area contributed by atoms with Crippen LogP contribution in [0.5, 0.6) is 11.5 Å². The molecule has 7 nitrogen and oxygen atoms in total. The van der Waals surface area contributed by atoms with E-state index >= 15 is 0 Å². The molecule has 0 fully saturated rings. The number of amides is 1. The molecule has 2 aromatic rings. The Hall–Kier alpha value is -3.61. The van der Waals surface area contributed by atoms with E-state index < -0.39 is 12.1 Å². The summed E-state index contributed by atoms with van der Waals surface area (Å²) >= 11 is 0. The number of para-hydroxylation sites is 1. The lowest BCUT2D eigenvalue weighted by Gasteiger charge is -2.17. The zero-order chi connectivity index (χ0) is 20.3. The van der Waals surface area contributed by atoms with Crippen LogP contribution in [-0.4, -0.2) is 30.8 Å². The Kier molecular flexibility index (Phi) is 5.44. The zero-order valence-electron chi connectivity index (χ0n) is 15.7. The molecule has 144 valence electrons. The number of aliphatic carboxylic acids is 1. The van der Waals surface area contributed by atoms with Gasteiger partial charge in [0.1, 0.15) is 6.10 Å². The van der Waals surface area contributed by atoms with E-state index in [0.717, 1.165) is 0 Å². The predicted octanol–water partition coefficient (Wildman–Crippen LogP) is 2.02. The maximum atomic E-state index is 12.8. The fraction of sp³-hybridized carbons (Fsp3) is 0.190. The highest BCUT2D eigenvalue weighted by molar-refractivity contribution is 6.32. The molecule has 0 spiro atoms. The summed E-state index contributed by atoms with van der Waals surface area (Å²) in [6.07, 6.45) is 0.585. The first-order chi connectivity index (χ1) is 13.4. The quantitative estimate of drug-likeness (QED) is 0.716. The zero-order valence-corrected chi connectivity index (χ0v) is 15.7. The van der Waals surface area contributed by atoms with E-state index in [9.17, 15) is 14.7 Å². The second kappa shape index (κ2) is 7.96. The third kappa shape index (κ3) is 3.88. The average Bonchev–Trinajstić information content (AvgIpc) is 2.97. The number of carbonyl (C=O) groups is 2. The number of carbonyl (C=O) groups excluding carboxylic acids is 2. The molecule has 1 atom stereocenters. The Bertz CT molecular complexity index is 966. The van der Waals surface area contributed by atoms with Gasteiger partial charge in [0.25, 0.3) is 5.91 Å². The molecule has 1 aliphatic rings. The van der Waals surface area contributed by atoms with Crippen LogP contribution in [-0.2, 0) is 9.59 Å². The molecule has 28 heavy (non-hydrogen) atoms. The summed E-state index contributed by atoms with van der Waals surface area (Å²) in [7, 11) is 1.45. The number of nitrogens with zero attached hydrogens (tertiary/aromatic N) is 2. The van der Waals surface area contributed by atoms with Crippen LogP contribution in [0.2, 0.25) is 0 Å². The molecule has 0 saturated heterocycles. The first-order valence-corrected chi connectivity index (χ1v) is 8.63. The van der Waals surface area contributed by atoms with Crippen molar-refractivity contribution in [1.29, 1.82) is 0 Å². The Morgan fingerprint density at radius 1 is 1.18 bits per heavy atom. The number of ether oxygens (including phenoxy) is 2. The molecule has 2 aromatic carbocycles. The van der Waals surface area contributed by atoms with Gasteiger partial charge in [-0.15, -0.1) is 0 Å². The molecule has 0 aromatic heterocycles. The van der Waals surface area contributed by atoms with Crippen molar-refractivity contribution >= 4 is 29.4 Å². The third-order valence-corrected chi connectivity index (χ3v) is 4.20. The van der Waals surface area contributed by atoms with Crippen molar-refractivity contribution in [1.82, 2.24) is 0 Å². The van der Waals surface area contributed by atoms with Crippen LogP contribution in [0, 0.1) is 0 Å². The smallest absolute Gasteiger partial charge is 0.280 e. The van der Waals surface area contributed by atoms with Gasteiger partial charge in [-0.25, -0.2) is 0 Å². The number of carboxylic acid groups (broad SMARTS) is 1. The highest BCUT2D eigenvalue weighted by Gasteiger charge is 2.28. The molecule has 1 amide bonds. The largest absolute Gasteiger partial charge is 0.546 e. The van der Waals surface area contributed by atoms with Crippen LogP contribution in [0.25, 0.3) is 6.08 Å². The van der Waals surface area contributed by atoms with Crippen molar-refractivity contribution in [3.05, 3.63) is 59.7 Å². The topological polar surface area (TPSA) is 91.3 Å². The molecule has 0 unspecified atom stereocenters. The normalized spacial score (nSPS) is 16.1. The van der Waals surface area contributed by atoms with Gasteiger partial charge in [-0.3, -0.25) is 4.79 Å². The number of benzene rings is 2. The molecule has 3 rings (SSSR count). The van der Waals surface area contributed by atoms with Gasteiger partial charge in [0.15, 0.2) is 11.5 Å². The maximum Gasteiger partial charge on any atom is 0.280 e. The van der Waals surface area contributed by atoms with Crippen LogP contribution >= 0.6 is 0 Å². The van der Waals surface area contributed by atoms with E-state index in [-0.39, 0.29) is 11.7 Å². The first-order valence-electron chi connectivity index (χ1n) is 8.63. The summed E-state index contributed by atoms with van der Waals surface area (Å²) in [4.78, 5) is 23.7. The summed E-state index contributed by atoms with van der Waals surface area (Å²) in [5, 5.41) is 16.6. The van der Waals surface area contributed by atoms with Gasteiger partial charge in [-0.05, 0) is 49.8 Å². The van der Waals surface area contributed by atoms with E-state index in [0.29, 0.717) is 28.3 Å². The number of hydrazone groups is 1. The molecular formula is C21H19N2O5-. The van der Waals surface area contributed by atoms with E-state index in [1.54, 1.807) is 31.2 Å². The highest BCUT2D eigenvalue weighted by atomic mass is 16.5. The van der Waals surface area contributed by atoms with E-state index in [2.05, 4.69) is 5.10 Å². The number of methoxy groups -OCH3 is 1. The molecule has 0 bridgehead atoms. The fourth-order valence-corrected chi connectivity index (χ4v) is 2.71. The number of hydrogen-bond donors (Lipinski definition) is 0. The average molecular weight is 379 g/mol. The minimum atomic E-state index is -1.32. The molecule has 0 aliphatic carbocycles. The summed E-state index contributed by atoms with van der Waals surface area (Å²) in [6.45, 7) is 3.14. The first kappa shape index (κ1) is 19.2. The van der Waals surface area contributed by atoms with Gasteiger partial charge in [-0.1, -0.05) is 24.3 Å². The summed E-state index contributed by atoms with van der Waals surface area (Å²) in [5.74, 6) is -0.927. The Labute approximate surface area is 162 Å². The van der Waals surface area contributed by atoms with Gasteiger partial charge >= 0.3 is 0 Å². The SMILES string of the molecule is COc1cc(/C=C2/C(=O)N(c3ccccc3)N=C2C)ccc1O[C@@H](C)C(=O)[O-]. The molecule has 0 saturated carbocycles. The van der Waals surface area contributed by atoms with Gasteiger partial charge in [0.05, 0.1) is 30.1 Å². The number of rotatable bonds is 6. The standard InChI is InChI=1S/C21H20N2O5/c1-13-17(20(24)23(22-13)16-7-5-4-6-8-16)11-15-9-10-18(19(12-15)27-3)28-14(2)21(25)26/h4-12,14H,1-3H3,(H,25,26)/p-1/b17-11+/t14-/m0/s1. The van der Waals surface area contributed by atoms with Crippen LogP contribution in [0.3, 0.4) is 0 Å². The van der Waals surface area contributed by atoms with Crippen LogP contribution in [0.4, 0.5) is 5.69 Å². The summed E-state index contributed by atoms with van der Waals surface area (Å²) < 4.78 is 10.6. The third-order valence-electron chi connectivity index (χ3n) is 4.20. The Morgan fingerprint density at radius 2 is 1.89 bits per heavy atom.